The first kappa shape index (κ1) is 31.2. The topological polar surface area (TPSA) is 128 Å². The molecule has 8 nitrogen and oxygen atoms in total. The monoisotopic (exact) mass is 479 g/mol. The molecule has 0 aliphatic rings. The standard InChI is InChI=1S/C23H46NO7P/c1-2-3-4-5-6-7-8-9-10-11-12-13-14-15-16-17-23(26)31-22(20-25)21-30-32(27,28)29-19-18-24/h9-10,22,25H,2-8,11-21,24H2,1H3,(H,27,28)/b10-9-/t22-/m0/s1. The van der Waals surface area contributed by atoms with E-state index in [9.17, 15) is 19.4 Å². The average Bonchev–Trinajstić information content (AvgIpc) is 2.77. The molecule has 4 N–H and O–H groups in total. The van der Waals surface area contributed by atoms with E-state index in [1.807, 2.05) is 0 Å². The van der Waals surface area contributed by atoms with Crippen molar-refractivity contribution in [1.82, 2.24) is 0 Å². The van der Waals surface area contributed by atoms with E-state index in [0.29, 0.717) is 6.42 Å². The maximum absolute atomic E-state index is 11.9. The van der Waals surface area contributed by atoms with E-state index in [0.717, 1.165) is 32.1 Å². The summed E-state index contributed by atoms with van der Waals surface area (Å²) < 4.78 is 25.9. The van der Waals surface area contributed by atoms with Gasteiger partial charge in [-0.15, -0.1) is 0 Å². The summed E-state index contributed by atoms with van der Waals surface area (Å²) >= 11 is 0. The molecule has 0 bridgehead atoms. The second kappa shape index (κ2) is 22.1. The number of allylic oxidation sites excluding steroid dienone is 2. The molecule has 0 radical (unpaired) electrons. The van der Waals surface area contributed by atoms with Crippen LogP contribution in [0.3, 0.4) is 0 Å². The van der Waals surface area contributed by atoms with Crippen LogP contribution in [-0.4, -0.2) is 48.4 Å². The van der Waals surface area contributed by atoms with E-state index in [1.165, 1.54) is 44.9 Å². The van der Waals surface area contributed by atoms with Gasteiger partial charge in [-0.25, -0.2) is 4.57 Å². The van der Waals surface area contributed by atoms with Gasteiger partial charge in [0.1, 0.15) is 6.10 Å². The van der Waals surface area contributed by atoms with Crippen molar-refractivity contribution in [3.8, 4) is 0 Å². The van der Waals surface area contributed by atoms with Gasteiger partial charge in [0.15, 0.2) is 0 Å². The molecule has 0 aromatic carbocycles. The molecular weight excluding hydrogens is 433 g/mol. The van der Waals surface area contributed by atoms with Crippen LogP contribution in [0.5, 0.6) is 0 Å². The minimum atomic E-state index is -4.26. The van der Waals surface area contributed by atoms with Crippen LogP contribution >= 0.6 is 7.82 Å². The van der Waals surface area contributed by atoms with Crippen molar-refractivity contribution in [3.05, 3.63) is 12.2 Å². The smallest absolute Gasteiger partial charge is 0.457 e. The van der Waals surface area contributed by atoms with Crippen molar-refractivity contribution in [2.45, 2.75) is 103 Å². The second-order valence-corrected chi connectivity index (χ2v) is 9.47. The summed E-state index contributed by atoms with van der Waals surface area (Å²) in [5.74, 6) is -0.457. The highest BCUT2D eigenvalue weighted by Crippen LogP contribution is 2.42. The molecule has 0 rings (SSSR count). The summed E-state index contributed by atoms with van der Waals surface area (Å²) in [6.45, 7) is 1.25. The van der Waals surface area contributed by atoms with Gasteiger partial charge in [-0.05, 0) is 32.1 Å². The van der Waals surface area contributed by atoms with Crippen molar-refractivity contribution < 1.29 is 33.1 Å². The van der Waals surface area contributed by atoms with E-state index in [1.54, 1.807) is 0 Å². The SMILES string of the molecule is CCCCCCCC/C=C\CCCCCCCC(=O)O[C@@H](CO)COP(=O)(O)OCCN. The van der Waals surface area contributed by atoms with E-state index < -0.39 is 33.1 Å². The van der Waals surface area contributed by atoms with Gasteiger partial charge in [0.2, 0.25) is 0 Å². The normalized spacial score (nSPS) is 14.5. The van der Waals surface area contributed by atoms with Crippen molar-refractivity contribution in [2.75, 3.05) is 26.4 Å². The highest BCUT2D eigenvalue weighted by Gasteiger charge is 2.24. The fraction of sp³-hybridized carbons (Fsp3) is 0.870. The highest BCUT2D eigenvalue weighted by molar-refractivity contribution is 7.47. The van der Waals surface area contributed by atoms with Gasteiger partial charge in [0.05, 0.1) is 19.8 Å². The predicted molar refractivity (Wildman–Crippen MR) is 127 cm³/mol. The van der Waals surface area contributed by atoms with Crippen molar-refractivity contribution in [3.63, 3.8) is 0 Å². The number of ether oxygens (including phenoxy) is 1. The number of rotatable bonds is 23. The highest BCUT2D eigenvalue weighted by atomic mass is 31.2. The zero-order valence-corrected chi connectivity index (χ0v) is 20.8. The lowest BCUT2D eigenvalue weighted by atomic mass is 10.1. The van der Waals surface area contributed by atoms with Crippen LogP contribution in [0.4, 0.5) is 0 Å². The predicted octanol–water partition coefficient (Wildman–Crippen LogP) is 5.02. The second-order valence-electron chi connectivity index (χ2n) is 8.01. The van der Waals surface area contributed by atoms with Crippen molar-refractivity contribution in [1.29, 1.82) is 0 Å². The van der Waals surface area contributed by atoms with E-state index in [-0.39, 0.29) is 19.6 Å². The van der Waals surface area contributed by atoms with Crippen molar-refractivity contribution >= 4 is 13.8 Å². The quantitative estimate of drug-likeness (QED) is 0.0806. The Morgan fingerprint density at radius 2 is 1.50 bits per heavy atom. The molecule has 190 valence electrons. The Bertz CT molecular complexity index is 517. The minimum Gasteiger partial charge on any atom is -0.457 e. The molecule has 32 heavy (non-hydrogen) atoms. The Kier molecular flexibility index (Phi) is 21.5. The Morgan fingerprint density at radius 3 is 2.06 bits per heavy atom. The van der Waals surface area contributed by atoms with Gasteiger partial charge in [-0.1, -0.05) is 70.4 Å². The number of unbranched alkanes of at least 4 members (excludes halogenated alkanes) is 11. The molecule has 0 saturated carbocycles. The third-order valence-corrected chi connectivity index (χ3v) is 5.92. The maximum Gasteiger partial charge on any atom is 0.472 e. The average molecular weight is 480 g/mol. The molecule has 0 aromatic heterocycles. The number of aliphatic hydroxyl groups is 1. The molecule has 0 aromatic rings. The van der Waals surface area contributed by atoms with Crippen molar-refractivity contribution in [2.24, 2.45) is 5.73 Å². The van der Waals surface area contributed by atoms with Crippen LogP contribution in [0.1, 0.15) is 96.8 Å². The molecule has 0 aliphatic heterocycles. The number of carbonyl (C=O) groups excluding carboxylic acids is 1. The van der Waals surface area contributed by atoms with Crippen LogP contribution in [0.25, 0.3) is 0 Å². The zero-order valence-electron chi connectivity index (χ0n) is 19.9. The Hall–Kier alpha value is -0.760. The molecule has 0 saturated heterocycles. The largest absolute Gasteiger partial charge is 0.472 e. The first-order chi connectivity index (χ1) is 15.4. The van der Waals surface area contributed by atoms with E-state index in [4.69, 9.17) is 15.0 Å². The van der Waals surface area contributed by atoms with Crippen LogP contribution in [-0.2, 0) is 23.1 Å². The first-order valence-electron chi connectivity index (χ1n) is 12.2. The number of aliphatic hydroxyl groups excluding tert-OH is 1. The van der Waals surface area contributed by atoms with Gasteiger partial charge in [-0.3, -0.25) is 13.8 Å². The third kappa shape index (κ3) is 21.1. The fourth-order valence-electron chi connectivity index (χ4n) is 3.09. The lowest BCUT2D eigenvalue weighted by Gasteiger charge is -2.17. The Labute approximate surface area is 194 Å². The first-order valence-corrected chi connectivity index (χ1v) is 13.7. The van der Waals surface area contributed by atoms with E-state index in [2.05, 4.69) is 23.6 Å². The van der Waals surface area contributed by atoms with Gasteiger partial charge in [-0.2, -0.15) is 0 Å². The van der Waals surface area contributed by atoms with E-state index >= 15 is 0 Å². The van der Waals surface area contributed by atoms with Crippen LogP contribution < -0.4 is 5.73 Å². The number of phosphoric acid groups is 1. The molecule has 0 heterocycles. The lowest BCUT2D eigenvalue weighted by molar-refractivity contribution is -0.153. The summed E-state index contributed by atoms with van der Waals surface area (Å²) in [7, 11) is -4.26. The molecule has 0 spiro atoms. The summed E-state index contributed by atoms with van der Waals surface area (Å²) in [6.07, 6.45) is 19.2. The minimum absolute atomic E-state index is 0.0717. The Morgan fingerprint density at radius 1 is 0.938 bits per heavy atom. The zero-order chi connectivity index (χ0) is 23.9. The fourth-order valence-corrected chi connectivity index (χ4v) is 3.86. The molecule has 2 atom stereocenters. The number of nitrogens with two attached hydrogens (primary N) is 1. The number of carbonyl (C=O) groups is 1. The summed E-state index contributed by atoms with van der Waals surface area (Å²) in [4.78, 5) is 21.3. The summed E-state index contributed by atoms with van der Waals surface area (Å²) in [5.41, 5.74) is 5.19. The number of hydrogen-bond acceptors (Lipinski definition) is 7. The summed E-state index contributed by atoms with van der Waals surface area (Å²) in [6, 6.07) is 0. The van der Waals surface area contributed by atoms with Gasteiger partial charge in [0, 0.05) is 13.0 Å². The molecule has 1 unspecified atom stereocenters. The number of phosphoric ester groups is 1. The molecular formula is C23H46NO7P. The molecule has 0 fully saturated rings. The molecule has 9 heteroatoms. The lowest BCUT2D eigenvalue weighted by Crippen LogP contribution is -2.27. The maximum atomic E-state index is 11.9. The van der Waals surface area contributed by atoms with Crippen LogP contribution in [0, 0.1) is 0 Å². The number of esters is 1. The van der Waals surface area contributed by atoms with Crippen LogP contribution in [0.15, 0.2) is 12.2 Å². The molecule has 0 amide bonds. The van der Waals surface area contributed by atoms with Gasteiger partial charge >= 0.3 is 13.8 Å². The van der Waals surface area contributed by atoms with Gasteiger partial charge in [0.25, 0.3) is 0 Å². The van der Waals surface area contributed by atoms with Crippen LogP contribution in [0.2, 0.25) is 0 Å². The Balaban J connectivity index is 3.63. The summed E-state index contributed by atoms with van der Waals surface area (Å²) in [5, 5.41) is 9.26. The molecule has 0 aliphatic carbocycles. The van der Waals surface area contributed by atoms with Gasteiger partial charge < -0.3 is 20.5 Å². The number of hydrogen-bond donors (Lipinski definition) is 3. The third-order valence-electron chi connectivity index (χ3n) is 4.94.